The van der Waals surface area contributed by atoms with Crippen molar-refractivity contribution in [2.24, 2.45) is 0 Å². The van der Waals surface area contributed by atoms with E-state index in [1.54, 1.807) is 0 Å². The van der Waals surface area contributed by atoms with Gasteiger partial charge in [0.1, 0.15) is 0 Å². The fraction of sp³-hybridized carbons (Fsp3) is 0.579. The smallest absolute Gasteiger partial charge is 0.00975 e. The molecule has 0 aliphatic carbocycles. The lowest BCUT2D eigenvalue weighted by molar-refractivity contribution is 0.577. The molecule has 0 atom stereocenters. The topological polar surface area (TPSA) is 0 Å². The number of hydrogen-bond acceptors (Lipinski definition) is 0. The number of benzene rings is 1. The first-order valence-electron chi connectivity index (χ1n) is 8.12. The Morgan fingerprint density at radius 1 is 0.737 bits per heavy atom. The summed E-state index contributed by atoms with van der Waals surface area (Å²) in [5.74, 6) is 0. The van der Waals surface area contributed by atoms with Crippen molar-refractivity contribution in [3.8, 4) is 0 Å². The Morgan fingerprint density at radius 2 is 1.37 bits per heavy atom. The monoisotopic (exact) mass is 258 g/mol. The molecule has 0 spiro atoms. The fourth-order valence-electron chi connectivity index (χ4n) is 2.35. The van der Waals surface area contributed by atoms with Crippen LogP contribution in [0.1, 0.15) is 70.3 Å². The molecule has 0 aromatic heterocycles. The second kappa shape index (κ2) is 12.0. The van der Waals surface area contributed by atoms with Crippen LogP contribution in [0.2, 0.25) is 0 Å². The van der Waals surface area contributed by atoms with Crippen molar-refractivity contribution in [3.63, 3.8) is 0 Å². The molecule has 0 nitrogen and oxygen atoms in total. The summed E-state index contributed by atoms with van der Waals surface area (Å²) in [7, 11) is 0. The molecule has 0 radical (unpaired) electrons. The summed E-state index contributed by atoms with van der Waals surface area (Å²) in [6.07, 6.45) is 18.3. The quantitative estimate of drug-likeness (QED) is 0.322. The third kappa shape index (κ3) is 9.53. The van der Waals surface area contributed by atoms with E-state index >= 15 is 0 Å². The van der Waals surface area contributed by atoms with Crippen LogP contribution in [0.15, 0.2) is 42.5 Å². The first-order valence-corrected chi connectivity index (χ1v) is 8.12. The van der Waals surface area contributed by atoms with Crippen molar-refractivity contribution in [3.05, 3.63) is 48.0 Å². The molecule has 0 aliphatic heterocycles. The standard InChI is InChI=1S/C19H30/c1-2-3-4-5-6-7-8-9-10-11-13-16-19-17-14-12-15-18-19/h11-15,17-18H,2-10,16H2,1H3/b13-11-. The van der Waals surface area contributed by atoms with Crippen LogP contribution in [0.3, 0.4) is 0 Å². The molecule has 0 heterocycles. The Hall–Kier alpha value is -1.04. The third-order valence-electron chi connectivity index (χ3n) is 3.59. The van der Waals surface area contributed by atoms with Gasteiger partial charge in [0.05, 0.1) is 0 Å². The highest BCUT2D eigenvalue weighted by atomic mass is 14.0. The zero-order chi connectivity index (χ0) is 13.6. The molecule has 0 fully saturated rings. The van der Waals surface area contributed by atoms with Crippen LogP contribution in [0.5, 0.6) is 0 Å². The highest BCUT2D eigenvalue weighted by Gasteiger charge is 1.90. The van der Waals surface area contributed by atoms with Gasteiger partial charge in [-0.15, -0.1) is 0 Å². The van der Waals surface area contributed by atoms with Gasteiger partial charge in [-0.25, -0.2) is 0 Å². The lowest BCUT2D eigenvalue weighted by atomic mass is 10.1. The Kier molecular flexibility index (Phi) is 10.1. The number of allylic oxidation sites excluding steroid dienone is 2. The van der Waals surface area contributed by atoms with Crippen molar-refractivity contribution >= 4 is 0 Å². The van der Waals surface area contributed by atoms with Gasteiger partial charge in [-0.3, -0.25) is 0 Å². The molecule has 0 saturated carbocycles. The molecule has 0 aliphatic rings. The highest BCUT2D eigenvalue weighted by molar-refractivity contribution is 5.17. The summed E-state index contributed by atoms with van der Waals surface area (Å²) in [5.41, 5.74) is 1.41. The van der Waals surface area contributed by atoms with E-state index in [1.807, 2.05) is 0 Å². The van der Waals surface area contributed by atoms with Crippen LogP contribution < -0.4 is 0 Å². The molecule has 0 bridgehead atoms. The van der Waals surface area contributed by atoms with E-state index in [0.29, 0.717) is 0 Å². The Balaban J connectivity index is 1.88. The first-order chi connectivity index (χ1) is 9.43. The summed E-state index contributed by atoms with van der Waals surface area (Å²) in [4.78, 5) is 0. The van der Waals surface area contributed by atoms with Gasteiger partial charge in [0, 0.05) is 0 Å². The van der Waals surface area contributed by atoms with Crippen molar-refractivity contribution < 1.29 is 0 Å². The minimum absolute atomic E-state index is 1.08. The van der Waals surface area contributed by atoms with E-state index in [0.717, 1.165) is 6.42 Å². The maximum atomic E-state index is 2.35. The van der Waals surface area contributed by atoms with Gasteiger partial charge < -0.3 is 0 Å². The lowest BCUT2D eigenvalue weighted by Gasteiger charge is -2.00. The largest absolute Gasteiger partial charge is 0.0882 e. The van der Waals surface area contributed by atoms with E-state index in [-0.39, 0.29) is 0 Å². The maximum absolute atomic E-state index is 2.35. The van der Waals surface area contributed by atoms with E-state index in [2.05, 4.69) is 49.4 Å². The normalized spacial score (nSPS) is 11.2. The molecule has 19 heavy (non-hydrogen) atoms. The number of unbranched alkanes of at least 4 members (excludes halogenated alkanes) is 8. The second-order valence-corrected chi connectivity index (χ2v) is 5.42. The summed E-state index contributed by atoms with van der Waals surface area (Å²) in [5, 5.41) is 0. The van der Waals surface area contributed by atoms with Gasteiger partial charge in [0.15, 0.2) is 0 Å². The Morgan fingerprint density at radius 3 is 2.05 bits per heavy atom. The predicted molar refractivity (Wildman–Crippen MR) is 86.5 cm³/mol. The van der Waals surface area contributed by atoms with Crippen LogP contribution in [-0.2, 0) is 6.42 Å². The molecule has 1 aromatic carbocycles. The molecule has 0 amide bonds. The SMILES string of the molecule is CCCCCCCCCC/C=C\Cc1ccccc1. The zero-order valence-corrected chi connectivity index (χ0v) is 12.6. The Bertz CT molecular complexity index is 310. The minimum Gasteiger partial charge on any atom is -0.0882 e. The fourth-order valence-corrected chi connectivity index (χ4v) is 2.35. The van der Waals surface area contributed by atoms with Crippen LogP contribution in [-0.4, -0.2) is 0 Å². The summed E-state index contributed by atoms with van der Waals surface area (Å²) >= 11 is 0. The minimum atomic E-state index is 1.08. The Labute approximate surface area is 119 Å². The second-order valence-electron chi connectivity index (χ2n) is 5.42. The van der Waals surface area contributed by atoms with E-state index < -0.39 is 0 Å². The molecule has 0 heteroatoms. The number of rotatable bonds is 11. The molecule has 0 unspecified atom stereocenters. The average molecular weight is 258 g/mol. The van der Waals surface area contributed by atoms with Gasteiger partial charge in [0.25, 0.3) is 0 Å². The van der Waals surface area contributed by atoms with E-state index in [1.165, 1.54) is 63.4 Å². The molecule has 1 aromatic rings. The summed E-state index contributed by atoms with van der Waals surface area (Å²) in [6.45, 7) is 2.28. The summed E-state index contributed by atoms with van der Waals surface area (Å²) < 4.78 is 0. The van der Waals surface area contributed by atoms with Crippen LogP contribution in [0.25, 0.3) is 0 Å². The van der Waals surface area contributed by atoms with Gasteiger partial charge in [-0.2, -0.15) is 0 Å². The van der Waals surface area contributed by atoms with Gasteiger partial charge in [-0.1, -0.05) is 94.4 Å². The van der Waals surface area contributed by atoms with Crippen molar-refractivity contribution in [2.75, 3.05) is 0 Å². The van der Waals surface area contributed by atoms with Crippen molar-refractivity contribution in [1.29, 1.82) is 0 Å². The summed E-state index contributed by atoms with van der Waals surface area (Å²) in [6, 6.07) is 10.7. The van der Waals surface area contributed by atoms with Gasteiger partial charge in [-0.05, 0) is 24.8 Å². The molecular weight excluding hydrogens is 228 g/mol. The zero-order valence-electron chi connectivity index (χ0n) is 12.6. The van der Waals surface area contributed by atoms with Crippen LogP contribution >= 0.6 is 0 Å². The molecule has 0 N–H and O–H groups in total. The van der Waals surface area contributed by atoms with Crippen LogP contribution in [0, 0.1) is 0 Å². The van der Waals surface area contributed by atoms with Crippen molar-refractivity contribution in [2.45, 2.75) is 71.1 Å². The maximum Gasteiger partial charge on any atom is -0.00975 e. The van der Waals surface area contributed by atoms with E-state index in [4.69, 9.17) is 0 Å². The van der Waals surface area contributed by atoms with E-state index in [9.17, 15) is 0 Å². The lowest BCUT2D eigenvalue weighted by Crippen LogP contribution is -1.81. The molecule has 106 valence electrons. The van der Waals surface area contributed by atoms with Crippen LogP contribution in [0.4, 0.5) is 0 Å². The first kappa shape index (κ1) is 16.0. The van der Waals surface area contributed by atoms with Crippen molar-refractivity contribution in [1.82, 2.24) is 0 Å². The molecular formula is C19H30. The van der Waals surface area contributed by atoms with Gasteiger partial charge in [0.2, 0.25) is 0 Å². The predicted octanol–water partition coefficient (Wildman–Crippen LogP) is 6.32. The molecule has 1 rings (SSSR count). The highest BCUT2D eigenvalue weighted by Crippen LogP contribution is 2.10. The number of hydrogen-bond donors (Lipinski definition) is 0. The third-order valence-corrected chi connectivity index (χ3v) is 3.59. The average Bonchev–Trinajstić information content (AvgIpc) is 2.46. The molecule has 0 saturated heterocycles. The van der Waals surface area contributed by atoms with Gasteiger partial charge >= 0.3 is 0 Å².